The Hall–Kier alpha value is -2.29. The van der Waals surface area contributed by atoms with Gasteiger partial charge >= 0.3 is 0 Å². The van der Waals surface area contributed by atoms with Crippen molar-refractivity contribution in [3.05, 3.63) is 59.7 Å². The first kappa shape index (κ1) is 16.6. The molecule has 0 aliphatic carbocycles. The van der Waals surface area contributed by atoms with Crippen molar-refractivity contribution in [2.45, 2.75) is 45.6 Å². The van der Waals surface area contributed by atoms with E-state index in [1.165, 1.54) is 11.1 Å². The highest BCUT2D eigenvalue weighted by Gasteiger charge is 2.27. The smallest absolute Gasteiger partial charge is 0.249 e. The Morgan fingerprint density at radius 3 is 2.42 bits per heavy atom. The van der Waals surface area contributed by atoms with E-state index in [1.54, 1.807) is 0 Å². The summed E-state index contributed by atoms with van der Waals surface area (Å²) in [6.07, 6.45) is 0.939. The zero-order valence-corrected chi connectivity index (χ0v) is 15.0. The van der Waals surface area contributed by atoms with Crippen LogP contribution in [0, 0.1) is 0 Å². The fourth-order valence-corrected chi connectivity index (χ4v) is 3.18. The summed E-state index contributed by atoms with van der Waals surface area (Å²) < 4.78 is 0. The maximum Gasteiger partial charge on any atom is 0.249 e. The molecule has 0 saturated heterocycles. The van der Waals surface area contributed by atoms with Gasteiger partial charge in [0.2, 0.25) is 5.91 Å². The summed E-state index contributed by atoms with van der Waals surface area (Å²) in [5.41, 5.74) is 4.72. The molecule has 2 aromatic carbocycles. The number of fused-ring (bicyclic) bond motifs is 1. The number of benzene rings is 2. The highest BCUT2D eigenvalue weighted by atomic mass is 16.2. The normalized spacial score (nSPS) is 15.1. The predicted octanol–water partition coefficient (Wildman–Crippen LogP) is 4.37. The van der Waals surface area contributed by atoms with Crippen molar-refractivity contribution in [3.63, 3.8) is 0 Å². The molecule has 1 N–H and O–H groups in total. The van der Waals surface area contributed by atoms with Crippen LogP contribution in [0.5, 0.6) is 0 Å². The molecule has 0 fully saturated rings. The lowest BCUT2D eigenvalue weighted by Gasteiger charge is -2.24. The van der Waals surface area contributed by atoms with Crippen LogP contribution in [0.1, 0.15) is 38.8 Å². The average molecular weight is 322 g/mol. The molecule has 1 atom stereocenters. The molecule has 0 bridgehead atoms. The molecule has 1 amide bonds. The van der Waals surface area contributed by atoms with Crippen molar-refractivity contribution < 1.29 is 4.79 Å². The minimum atomic E-state index is -0.253. The molecule has 0 aromatic heterocycles. The van der Waals surface area contributed by atoms with Crippen molar-refractivity contribution in [1.82, 2.24) is 0 Å². The van der Waals surface area contributed by atoms with Crippen molar-refractivity contribution in [3.8, 4) is 0 Å². The Kier molecular flexibility index (Phi) is 4.35. The number of amides is 1. The summed E-state index contributed by atoms with van der Waals surface area (Å²) in [6, 6.07) is 16.3. The zero-order chi connectivity index (χ0) is 17.3. The third-order valence-electron chi connectivity index (χ3n) is 4.66. The van der Waals surface area contributed by atoms with Gasteiger partial charge in [-0.3, -0.25) is 4.79 Å². The van der Waals surface area contributed by atoms with Gasteiger partial charge in [0.25, 0.3) is 0 Å². The fraction of sp³-hybridized carbons (Fsp3) is 0.381. The van der Waals surface area contributed by atoms with Crippen LogP contribution in [0.2, 0.25) is 0 Å². The molecule has 0 radical (unpaired) electrons. The molecule has 1 aliphatic rings. The van der Waals surface area contributed by atoms with Crippen LogP contribution in [0.4, 0.5) is 11.4 Å². The first-order chi connectivity index (χ1) is 11.4. The lowest BCUT2D eigenvalue weighted by Crippen LogP contribution is -2.40. The largest absolute Gasteiger partial charge is 0.374 e. The predicted molar refractivity (Wildman–Crippen MR) is 101 cm³/mol. The Labute approximate surface area is 144 Å². The van der Waals surface area contributed by atoms with Gasteiger partial charge in [-0.1, -0.05) is 51.1 Å². The van der Waals surface area contributed by atoms with Gasteiger partial charge in [-0.2, -0.15) is 0 Å². The molecule has 126 valence electrons. The van der Waals surface area contributed by atoms with Crippen LogP contribution in [-0.4, -0.2) is 18.5 Å². The molecule has 2 aromatic rings. The summed E-state index contributed by atoms with van der Waals surface area (Å²) in [4.78, 5) is 14.7. The summed E-state index contributed by atoms with van der Waals surface area (Å²) in [5, 5.41) is 3.34. The number of carbonyl (C=O) groups is 1. The molecule has 1 aliphatic heterocycles. The summed E-state index contributed by atoms with van der Waals surface area (Å²) in [5.74, 6) is 0.125. The van der Waals surface area contributed by atoms with E-state index >= 15 is 0 Å². The van der Waals surface area contributed by atoms with E-state index in [1.807, 2.05) is 30.0 Å². The summed E-state index contributed by atoms with van der Waals surface area (Å²) >= 11 is 0. The van der Waals surface area contributed by atoms with Crippen molar-refractivity contribution in [1.29, 1.82) is 0 Å². The molecule has 3 rings (SSSR count). The van der Waals surface area contributed by atoms with Crippen molar-refractivity contribution >= 4 is 17.3 Å². The number of nitrogens with one attached hydrogen (secondary N) is 1. The van der Waals surface area contributed by atoms with Crippen molar-refractivity contribution in [2.24, 2.45) is 0 Å². The van der Waals surface area contributed by atoms with E-state index in [2.05, 4.69) is 56.4 Å². The lowest BCUT2D eigenvalue weighted by atomic mass is 9.87. The van der Waals surface area contributed by atoms with E-state index in [4.69, 9.17) is 0 Å². The molecule has 3 heteroatoms. The van der Waals surface area contributed by atoms with Gasteiger partial charge in [-0.05, 0) is 48.1 Å². The Morgan fingerprint density at radius 1 is 1.08 bits per heavy atom. The van der Waals surface area contributed by atoms with Crippen LogP contribution in [0.3, 0.4) is 0 Å². The van der Waals surface area contributed by atoms with Gasteiger partial charge in [-0.25, -0.2) is 0 Å². The topological polar surface area (TPSA) is 32.3 Å². The standard InChI is InChI=1S/C21H26N2O/c1-15(22-18-11-9-17(10-12-18)21(2,3)4)20(24)23-14-13-16-7-5-6-8-19(16)23/h5-12,15,22H,13-14H2,1-4H3/t15-/m0/s1. The number of para-hydroxylation sites is 1. The number of nitrogens with zero attached hydrogens (tertiary/aromatic N) is 1. The van der Waals surface area contributed by atoms with E-state index in [9.17, 15) is 4.79 Å². The summed E-state index contributed by atoms with van der Waals surface area (Å²) in [6.45, 7) is 9.30. The maximum absolute atomic E-state index is 12.8. The molecular formula is C21H26N2O. The third-order valence-corrected chi connectivity index (χ3v) is 4.66. The Morgan fingerprint density at radius 2 is 1.75 bits per heavy atom. The number of rotatable bonds is 3. The molecule has 0 saturated carbocycles. The molecule has 0 unspecified atom stereocenters. The number of hydrogen-bond acceptors (Lipinski definition) is 2. The highest BCUT2D eigenvalue weighted by Crippen LogP contribution is 2.28. The minimum absolute atomic E-state index is 0.125. The first-order valence-corrected chi connectivity index (χ1v) is 8.62. The second kappa shape index (κ2) is 6.31. The molecule has 3 nitrogen and oxygen atoms in total. The maximum atomic E-state index is 12.8. The van der Waals surface area contributed by atoms with Crippen LogP contribution in [0.25, 0.3) is 0 Å². The zero-order valence-electron chi connectivity index (χ0n) is 15.0. The van der Waals surface area contributed by atoms with Gasteiger partial charge in [-0.15, -0.1) is 0 Å². The molecule has 24 heavy (non-hydrogen) atoms. The second-order valence-electron chi connectivity index (χ2n) is 7.56. The molecule has 1 heterocycles. The van der Waals surface area contributed by atoms with Gasteiger partial charge in [0.05, 0.1) is 0 Å². The van der Waals surface area contributed by atoms with E-state index in [0.29, 0.717) is 0 Å². The SMILES string of the molecule is C[C@H](Nc1ccc(C(C)(C)C)cc1)C(=O)N1CCc2ccccc21. The van der Waals surface area contributed by atoms with Gasteiger partial charge in [0.1, 0.15) is 6.04 Å². The number of anilines is 2. The van der Waals surface area contributed by atoms with E-state index in [0.717, 1.165) is 24.3 Å². The van der Waals surface area contributed by atoms with Gasteiger partial charge in [0, 0.05) is 17.9 Å². The van der Waals surface area contributed by atoms with E-state index in [-0.39, 0.29) is 17.4 Å². The van der Waals surface area contributed by atoms with E-state index < -0.39 is 0 Å². The minimum Gasteiger partial charge on any atom is -0.374 e. The van der Waals surface area contributed by atoms with Gasteiger partial charge < -0.3 is 10.2 Å². The van der Waals surface area contributed by atoms with Crippen LogP contribution in [0.15, 0.2) is 48.5 Å². The Balaban J connectivity index is 1.69. The van der Waals surface area contributed by atoms with Crippen LogP contribution < -0.4 is 10.2 Å². The Bertz CT molecular complexity index is 728. The first-order valence-electron chi connectivity index (χ1n) is 8.62. The molecular weight excluding hydrogens is 296 g/mol. The number of hydrogen-bond donors (Lipinski definition) is 1. The lowest BCUT2D eigenvalue weighted by molar-refractivity contribution is -0.118. The fourth-order valence-electron chi connectivity index (χ4n) is 3.18. The van der Waals surface area contributed by atoms with Crippen molar-refractivity contribution in [2.75, 3.05) is 16.8 Å². The van der Waals surface area contributed by atoms with Gasteiger partial charge in [0.15, 0.2) is 0 Å². The average Bonchev–Trinajstić information content (AvgIpc) is 2.97. The second-order valence-corrected chi connectivity index (χ2v) is 7.56. The summed E-state index contributed by atoms with van der Waals surface area (Å²) in [7, 11) is 0. The third kappa shape index (κ3) is 3.30. The number of carbonyl (C=O) groups excluding carboxylic acids is 1. The van der Waals surface area contributed by atoms with Crippen LogP contribution in [-0.2, 0) is 16.6 Å². The van der Waals surface area contributed by atoms with Crippen LogP contribution >= 0.6 is 0 Å². The quantitative estimate of drug-likeness (QED) is 0.910. The monoisotopic (exact) mass is 322 g/mol. The highest BCUT2D eigenvalue weighted by molar-refractivity contribution is 6.00. The molecule has 0 spiro atoms.